The van der Waals surface area contributed by atoms with Gasteiger partial charge in [-0.25, -0.2) is 9.78 Å². The molecule has 0 bridgehead atoms. The lowest BCUT2D eigenvalue weighted by Crippen LogP contribution is -2.32. The van der Waals surface area contributed by atoms with E-state index < -0.39 is 5.97 Å². The van der Waals surface area contributed by atoms with Crippen LogP contribution >= 0.6 is 0 Å². The minimum absolute atomic E-state index is 0.117. The van der Waals surface area contributed by atoms with Crippen LogP contribution in [0.1, 0.15) is 46.7 Å². The van der Waals surface area contributed by atoms with E-state index in [0.717, 1.165) is 48.3 Å². The molecule has 4 rings (SSSR count). The topological polar surface area (TPSA) is 58.4 Å². The van der Waals surface area contributed by atoms with Gasteiger partial charge in [0, 0.05) is 30.7 Å². The maximum Gasteiger partial charge on any atom is 0.354 e. The molecular weight excluding hydrogens is 350 g/mol. The molecule has 0 unspecified atom stereocenters. The zero-order valence-electron chi connectivity index (χ0n) is 17.0. The van der Waals surface area contributed by atoms with Crippen LogP contribution in [0.3, 0.4) is 0 Å². The summed E-state index contributed by atoms with van der Waals surface area (Å²) in [5.41, 5.74) is 6.17. The van der Waals surface area contributed by atoms with Gasteiger partial charge in [0.25, 0.3) is 0 Å². The number of carboxylic acids is 1. The van der Waals surface area contributed by atoms with Crippen LogP contribution in [-0.4, -0.2) is 27.2 Å². The molecule has 0 spiro atoms. The number of benzene rings is 1. The fraction of sp³-hybridized carbons (Fsp3) is 0.391. The summed E-state index contributed by atoms with van der Waals surface area (Å²) < 4.78 is 2.32. The molecule has 28 heavy (non-hydrogen) atoms. The lowest BCUT2D eigenvalue weighted by molar-refractivity contribution is 0.0691. The van der Waals surface area contributed by atoms with Gasteiger partial charge in [-0.3, -0.25) is 0 Å². The number of pyridine rings is 1. The summed E-state index contributed by atoms with van der Waals surface area (Å²) >= 11 is 0. The molecular formula is C23H27N3O2. The van der Waals surface area contributed by atoms with Crippen molar-refractivity contribution >= 4 is 22.7 Å². The SMILES string of the molecule is Cc1c(C)n(CC(C)C)c2c(N3CCc4ccccc4C3)nc(C(=O)O)cc12. The second-order valence-electron chi connectivity index (χ2n) is 8.19. The van der Waals surface area contributed by atoms with Crippen molar-refractivity contribution in [3.63, 3.8) is 0 Å². The summed E-state index contributed by atoms with van der Waals surface area (Å²) in [6.07, 6.45) is 0.944. The molecule has 0 saturated heterocycles. The number of carbonyl (C=O) groups is 1. The van der Waals surface area contributed by atoms with Gasteiger partial charge in [0.1, 0.15) is 0 Å². The number of aromatic nitrogens is 2. The smallest absolute Gasteiger partial charge is 0.354 e. The highest BCUT2D eigenvalue weighted by molar-refractivity contribution is 5.99. The first kappa shape index (κ1) is 18.5. The molecule has 5 nitrogen and oxygen atoms in total. The first-order chi connectivity index (χ1) is 13.4. The van der Waals surface area contributed by atoms with Crippen LogP contribution in [-0.2, 0) is 19.5 Å². The number of fused-ring (bicyclic) bond motifs is 2. The van der Waals surface area contributed by atoms with Crippen molar-refractivity contribution in [1.82, 2.24) is 9.55 Å². The predicted molar refractivity (Wildman–Crippen MR) is 112 cm³/mol. The molecule has 0 saturated carbocycles. The van der Waals surface area contributed by atoms with Gasteiger partial charge >= 0.3 is 5.97 Å². The molecule has 5 heteroatoms. The monoisotopic (exact) mass is 377 g/mol. The van der Waals surface area contributed by atoms with Crippen LogP contribution in [0.4, 0.5) is 5.82 Å². The second kappa shape index (κ2) is 6.97. The molecule has 0 amide bonds. The maximum atomic E-state index is 11.8. The van der Waals surface area contributed by atoms with Crippen LogP contribution in [0, 0.1) is 19.8 Å². The Morgan fingerprint density at radius 2 is 1.93 bits per heavy atom. The van der Waals surface area contributed by atoms with E-state index in [0.29, 0.717) is 5.92 Å². The average molecular weight is 377 g/mol. The van der Waals surface area contributed by atoms with E-state index in [2.05, 4.69) is 66.4 Å². The number of anilines is 1. The summed E-state index contributed by atoms with van der Waals surface area (Å²) in [7, 11) is 0. The summed E-state index contributed by atoms with van der Waals surface area (Å²) in [6.45, 7) is 11.1. The molecule has 146 valence electrons. The van der Waals surface area contributed by atoms with Crippen molar-refractivity contribution in [2.24, 2.45) is 5.92 Å². The minimum atomic E-state index is -0.978. The Hall–Kier alpha value is -2.82. The number of rotatable bonds is 4. The lowest BCUT2D eigenvalue weighted by Gasteiger charge is -2.31. The fourth-order valence-corrected chi connectivity index (χ4v) is 4.24. The number of aromatic carboxylic acids is 1. The molecule has 0 radical (unpaired) electrons. The fourth-order valence-electron chi connectivity index (χ4n) is 4.24. The quantitative estimate of drug-likeness (QED) is 0.724. The van der Waals surface area contributed by atoms with Gasteiger partial charge in [-0.1, -0.05) is 38.1 Å². The third-order valence-corrected chi connectivity index (χ3v) is 5.79. The number of hydrogen-bond acceptors (Lipinski definition) is 3. The molecule has 3 heterocycles. The zero-order valence-corrected chi connectivity index (χ0v) is 17.0. The van der Waals surface area contributed by atoms with E-state index in [4.69, 9.17) is 0 Å². The van der Waals surface area contributed by atoms with Gasteiger partial charge in [0.15, 0.2) is 11.5 Å². The number of carboxylic acid groups (broad SMARTS) is 1. The molecule has 2 aromatic heterocycles. The van der Waals surface area contributed by atoms with Crippen molar-refractivity contribution in [1.29, 1.82) is 0 Å². The van der Waals surface area contributed by atoms with Gasteiger partial charge in [-0.15, -0.1) is 0 Å². The molecule has 0 atom stereocenters. The Kier molecular flexibility index (Phi) is 4.61. The molecule has 1 aromatic carbocycles. The average Bonchev–Trinajstić information content (AvgIpc) is 2.91. The first-order valence-electron chi connectivity index (χ1n) is 9.92. The Morgan fingerprint density at radius 3 is 2.61 bits per heavy atom. The first-order valence-corrected chi connectivity index (χ1v) is 9.92. The number of hydrogen-bond donors (Lipinski definition) is 1. The Morgan fingerprint density at radius 1 is 1.21 bits per heavy atom. The second-order valence-corrected chi connectivity index (χ2v) is 8.19. The van der Waals surface area contributed by atoms with E-state index in [9.17, 15) is 9.90 Å². The molecule has 0 aliphatic carbocycles. The van der Waals surface area contributed by atoms with Crippen LogP contribution in [0.2, 0.25) is 0 Å². The van der Waals surface area contributed by atoms with Crippen LogP contribution in [0.5, 0.6) is 0 Å². The van der Waals surface area contributed by atoms with Crippen LogP contribution in [0.25, 0.3) is 10.9 Å². The Balaban J connectivity index is 1.93. The molecule has 0 fully saturated rings. The highest BCUT2D eigenvalue weighted by Crippen LogP contribution is 2.35. The van der Waals surface area contributed by atoms with Crippen molar-refractivity contribution in [3.8, 4) is 0 Å². The summed E-state index contributed by atoms with van der Waals surface area (Å²) in [5, 5.41) is 10.6. The van der Waals surface area contributed by atoms with E-state index in [-0.39, 0.29) is 5.69 Å². The standard InChI is InChI=1S/C23H27N3O2/c1-14(2)12-26-16(4)15(3)19-11-20(23(27)28)24-22(21(19)26)25-10-9-17-7-5-6-8-18(17)13-25/h5-8,11,14H,9-10,12-13H2,1-4H3,(H,27,28). The van der Waals surface area contributed by atoms with Crippen molar-refractivity contribution in [2.45, 2.75) is 47.2 Å². The normalized spacial score (nSPS) is 14.0. The van der Waals surface area contributed by atoms with Gasteiger partial charge in [-0.2, -0.15) is 0 Å². The van der Waals surface area contributed by atoms with Crippen molar-refractivity contribution in [3.05, 3.63) is 58.4 Å². The van der Waals surface area contributed by atoms with Crippen molar-refractivity contribution in [2.75, 3.05) is 11.4 Å². The molecule has 1 N–H and O–H groups in total. The summed E-state index contributed by atoms with van der Waals surface area (Å²) in [6, 6.07) is 10.2. The minimum Gasteiger partial charge on any atom is -0.477 e. The highest BCUT2D eigenvalue weighted by atomic mass is 16.4. The van der Waals surface area contributed by atoms with Gasteiger partial charge < -0.3 is 14.6 Å². The third kappa shape index (κ3) is 3.05. The number of aryl methyl sites for hydroxylation is 1. The van der Waals surface area contributed by atoms with E-state index in [1.807, 2.05) is 0 Å². The van der Waals surface area contributed by atoms with Gasteiger partial charge in [0.2, 0.25) is 0 Å². The number of nitrogens with zero attached hydrogens (tertiary/aromatic N) is 3. The molecule has 1 aliphatic rings. The third-order valence-electron chi connectivity index (χ3n) is 5.79. The van der Waals surface area contributed by atoms with E-state index in [1.165, 1.54) is 16.8 Å². The largest absolute Gasteiger partial charge is 0.477 e. The summed E-state index contributed by atoms with van der Waals surface area (Å²) in [4.78, 5) is 18.6. The lowest BCUT2D eigenvalue weighted by atomic mass is 10.00. The highest BCUT2D eigenvalue weighted by Gasteiger charge is 2.25. The Bertz CT molecular complexity index is 1070. The maximum absolute atomic E-state index is 11.8. The Labute approximate surface area is 165 Å². The van der Waals surface area contributed by atoms with E-state index in [1.54, 1.807) is 6.07 Å². The van der Waals surface area contributed by atoms with Crippen LogP contribution < -0.4 is 4.90 Å². The van der Waals surface area contributed by atoms with Crippen LogP contribution in [0.15, 0.2) is 30.3 Å². The molecule has 1 aliphatic heterocycles. The van der Waals surface area contributed by atoms with E-state index >= 15 is 0 Å². The van der Waals surface area contributed by atoms with Crippen molar-refractivity contribution < 1.29 is 9.90 Å². The molecule has 3 aromatic rings. The summed E-state index contributed by atoms with van der Waals surface area (Å²) in [5.74, 6) is 0.304. The van der Waals surface area contributed by atoms with Gasteiger partial charge in [-0.05, 0) is 48.9 Å². The predicted octanol–water partition coefficient (Wildman–Crippen LogP) is 4.57. The zero-order chi connectivity index (χ0) is 20.0. The van der Waals surface area contributed by atoms with Gasteiger partial charge in [0.05, 0.1) is 5.52 Å².